The molecule has 0 atom stereocenters. The lowest BCUT2D eigenvalue weighted by Gasteiger charge is -1.93. The van der Waals surface area contributed by atoms with E-state index in [2.05, 4.69) is 20.2 Å². The van der Waals surface area contributed by atoms with E-state index in [1.54, 1.807) is 24.4 Å². The number of amidine groups is 1. The van der Waals surface area contributed by atoms with Crippen LogP contribution in [0.1, 0.15) is 10.4 Å². The molecule has 0 amide bonds. The molecule has 0 saturated heterocycles. The second-order valence-electron chi connectivity index (χ2n) is 4.89. The molecule has 0 spiro atoms. The molecule has 0 aliphatic carbocycles. The fourth-order valence-corrected chi connectivity index (χ4v) is 2.30. The molecular weight excluding hydrogens is 276 g/mol. The predicted octanol–water partition coefficient (Wildman–Crippen LogP) is 2.62. The molecule has 2 aromatic carbocycles. The average molecular weight is 286 g/mol. The van der Waals surface area contributed by atoms with Crippen molar-refractivity contribution in [3.63, 3.8) is 0 Å². The third-order valence-corrected chi connectivity index (χ3v) is 3.40. The van der Waals surface area contributed by atoms with Crippen molar-refractivity contribution in [1.82, 2.24) is 0 Å². The maximum atomic E-state index is 12.0. The van der Waals surface area contributed by atoms with Gasteiger partial charge in [0, 0.05) is 10.8 Å². The number of fused-ring (bicyclic) bond motifs is 2. The minimum Gasteiger partial charge on any atom is -0.289 e. The summed E-state index contributed by atoms with van der Waals surface area (Å²) >= 11 is 0. The molecule has 0 saturated carbocycles. The molecule has 2 aromatic rings. The first kappa shape index (κ1) is 12.5. The maximum Gasteiger partial charge on any atom is 0.185 e. The number of hydrogen-bond donors (Lipinski definition) is 0. The highest BCUT2D eigenvalue weighted by Gasteiger charge is 2.10. The van der Waals surface area contributed by atoms with Crippen LogP contribution in [0.4, 0.5) is 11.4 Å². The summed E-state index contributed by atoms with van der Waals surface area (Å²) in [4.78, 5) is 20.8. The van der Waals surface area contributed by atoms with Crippen LogP contribution in [0.5, 0.6) is 0 Å². The topological polar surface area (TPSA) is 66.5 Å². The van der Waals surface area contributed by atoms with Gasteiger partial charge >= 0.3 is 0 Å². The van der Waals surface area contributed by atoms with Crippen molar-refractivity contribution >= 4 is 29.2 Å². The molecule has 5 heteroatoms. The quantitative estimate of drug-likeness (QED) is 0.631. The number of hydrogen-bond acceptors (Lipinski definition) is 5. The van der Waals surface area contributed by atoms with Gasteiger partial charge in [-0.2, -0.15) is 10.2 Å². The Bertz CT molecular complexity index is 985. The van der Waals surface area contributed by atoms with Crippen LogP contribution in [-0.4, -0.2) is 11.6 Å². The molecule has 2 heterocycles. The minimum absolute atomic E-state index is 0.0703. The zero-order valence-electron chi connectivity index (χ0n) is 11.5. The summed E-state index contributed by atoms with van der Waals surface area (Å²) in [6.07, 6.45) is 4.81. The number of carbonyl (C=O) groups is 1. The molecule has 4 rings (SSSR count). The standard InChI is InChI=1S/C17H10N4O/c22-16(11-4-2-1-3-5-11)6-7-17-19-14-8-12-10-18-21-13(12)9-15(14)20-17/h1-10H. The lowest BCUT2D eigenvalue weighted by Crippen LogP contribution is -2.06. The average Bonchev–Trinajstić information content (AvgIpc) is 3.16. The minimum atomic E-state index is -0.0703. The summed E-state index contributed by atoms with van der Waals surface area (Å²) in [7, 11) is 0. The Hall–Kier alpha value is -3.21. The monoisotopic (exact) mass is 286 g/mol. The lowest BCUT2D eigenvalue weighted by molar-refractivity contribution is 0.104. The van der Waals surface area contributed by atoms with Gasteiger partial charge in [-0.15, -0.1) is 0 Å². The van der Waals surface area contributed by atoms with Gasteiger partial charge in [0.1, 0.15) is 0 Å². The Morgan fingerprint density at radius 2 is 1.86 bits per heavy atom. The van der Waals surface area contributed by atoms with E-state index in [9.17, 15) is 4.79 Å². The van der Waals surface area contributed by atoms with E-state index in [0.29, 0.717) is 11.4 Å². The summed E-state index contributed by atoms with van der Waals surface area (Å²) in [5, 5.41) is 9.54. The predicted molar refractivity (Wildman–Crippen MR) is 83.2 cm³/mol. The van der Waals surface area contributed by atoms with Crippen molar-refractivity contribution in [3.05, 3.63) is 70.8 Å². The molecule has 0 N–H and O–H groups in total. The van der Waals surface area contributed by atoms with E-state index in [0.717, 1.165) is 22.0 Å². The van der Waals surface area contributed by atoms with Crippen LogP contribution >= 0.6 is 0 Å². The van der Waals surface area contributed by atoms with Crippen molar-refractivity contribution < 1.29 is 4.79 Å². The van der Waals surface area contributed by atoms with E-state index >= 15 is 0 Å². The molecule has 5 nitrogen and oxygen atoms in total. The second-order valence-corrected chi connectivity index (χ2v) is 4.89. The summed E-state index contributed by atoms with van der Waals surface area (Å²) < 4.78 is 0. The van der Waals surface area contributed by atoms with E-state index in [1.165, 1.54) is 6.08 Å². The SMILES string of the molecule is O=C(C=CC1=Nc2cc3c(cc2=N1)N=NC=3)c1ccccc1. The molecule has 0 unspecified atom stereocenters. The van der Waals surface area contributed by atoms with E-state index in [4.69, 9.17) is 0 Å². The number of allylic oxidation sites excluding steroid dienone is 1. The van der Waals surface area contributed by atoms with Crippen LogP contribution in [0.25, 0.3) is 6.20 Å². The fourth-order valence-electron chi connectivity index (χ4n) is 2.30. The van der Waals surface area contributed by atoms with Gasteiger partial charge in [0.25, 0.3) is 0 Å². The van der Waals surface area contributed by atoms with Gasteiger partial charge < -0.3 is 0 Å². The summed E-state index contributed by atoms with van der Waals surface area (Å²) in [5.41, 5.74) is 2.21. The Kier molecular flexibility index (Phi) is 2.83. The van der Waals surface area contributed by atoms with Gasteiger partial charge in [0.05, 0.1) is 22.9 Å². The zero-order chi connectivity index (χ0) is 14.9. The molecule has 2 aliphatic rings. The van der Waals surface area contributed by atoms with Crippen molar-refractivity contribution in [2.45, 2.75) is 0 Å². The Morgan fingerprint density at radius 3 is 2.73 bits per heavy atom. The molecule has 0 bridgehead atoms. The van der Waals surface area contributed by atoms with Gasteiger partial charge in [-0.05, 0) is 24.3 Å². The normalized spacial score (nSPS) is 14.3. The molecular formula is C17H10N4O. The molecule has 104 valence electrons. The highest BCUT2D eigenvalue weighted by molar-refractivity contribution is 6.09. The summed E-state index contributed by atoms with van der Waals surface area (Å²) in [5.74, 6) is 0.443. The third kappa shape index (κ3) is 2.18. The van der Waals surface area contributed by atoms with Crippen LogP contribution in [-0.2, 0) is 0 Å². The number of rotatable bonds is 3. The van der Waals surface area contributed by atoms with E-state index < -0.39 is 0 Å². The first-order chi connectivity index (χ1) is 10.8. The van der Waals surface area contributed by atoms with Crippen LogP contribution in [0.15, 0.2) is 74.8 Å². The van der Waals surface area contributed by atoms with Crippen molar-refractivity contribution in [2.75, 3.05) is 0 Å². The molecule has 0 radical (unpaired) electrons. The van der Waals surface area contributed by atoms with Crippen LogP contribution in [0.3, 0.4) is 0 Å². The van der Waals surface area contributed by atoms with Crippen LogP contribution < -0.4 is 10.6 Å². The first-order valence-electron chi connectivity index (χ1n) is 6.80. The van der Waals surface area contributed by atoms with Gasteiger partial charge in [0.2, 0.25) is 0 Å². The molecule has 22 heavy (non-hydrogen) atoms. The van der Waals surface area contributed by atoms with Gasteiger partial charge in [0.15, 0.2) is 11.6 Å². The van der Waals surface area contributed by atoms with Gasteiger partial charge in [-0.3, -0.25) is 4.79 Å². The van der Waals surface area contributed by atoms with E-state index in [1.807, 2.05) is 30.3 Å². The lowest BCUT2D eigenvalue weighted by atomic mass is 10.1. The summed E-state index contributed by atoms with van der Waals surface area (Å²) in [6.45, 7) is 0. The highest BCUT2D eigenvalue weighted by Crippen LogP contribution is 2.16. The molecule has 0 aromatic heterocycles. The van der Waals surface area contributed by atoms with E-state index in [-0.39, 0.29) is 5.78 Å². The Morgan fingerprint density at radius 1 is 1.00 bits per heavy atom. The zero-order valence-corrected chi connectivity index (χ0v) is 11.5. The van der Waals surface area contributed by atoms with Gasteiger partial charge in [-0.1, -0.05) is 30.3 Å². The van der Waals surface area contributed by atoms with Crippen molar-refractivity contribution in [3.8, 4) is 0 Å². The maximum absolute atomic E-state index is 12.0. The Balaban J connectivity index is 1.61. The molecule has 0 fully saturated rings. The number of carbonyl (C=O) groups excluding carboxylic acids is 1. The number of aliphatic imine (C=N–C) groups is 1. The fraction of sp³-hybridized carbons (Fsp3) is 0. The molecule has 2 aliphatic heterocycles. The third-order valence-electron chi connectivity index (χ3n) is 3.40. The highest BCUT2D eigenvalue weighted by atomic mass is 16.1. The van der Waals surface area contributed by atoms with Gasteiger partial charge in [-0.25, -0.2) is 9.98 Å². The number of nitrogens with zero attached hydrogens (tertiary/aromatic N) is 4. The first-order valence-corrected chi connectivity index (χ1v) is 6.80. The number of ketones is 1. The second kappa shape index (κ2) is 4.96. The van der Waals surface area contributed by atoms with Crippen LogP contribution in [0.2, 0.25) is 0 Å². The smallest absolute Gasteiger partial charge is 0.185 e. The number of azo groups is 1. The van der Waals surface area contributed by atoms with Crippen LogP contribution in [0, 0.1) is 0 Å². The van der Waals surface area contributed by atoms with Crippen molar-refractivity contribution in [2.24, 2.45) is 20.2 Å². The van der Waals surface area contributed by atoms with Crippen molar-refractivity contribution in [1.29, 1.82) is 0 Å². The number of benzene rings is 2. The largest absolute Gasteiger partial charge is 0.289 e. The Labute approximate surface area is 125 Å². The summed E-state index contributed by atoms with van der Waals surface area (Å²) in [6, 6.07) is 12.8.